The molecule has 1 aliphatic heterocycles. The van der Waals surface area contributed by atoms with E-state index in [2.05, 4.69) is 0 Å². The van der Waals surface area contributed by atoms with Crippen molar-refractivity contribution < 1.29 is 24.1 Å². The normalized spacial score (nSPS) is 16.0. The van der Waals surface area contributed by atoms with E-state index in [9.17, 15) is 9.90 Å². The van der Waals surface area contributed by atoms with Crippen LogP contribution < -0.4 is 14.2 Å². The summed E-state index contributed by atoms with van der Waals surface area (Å²) in [7, 11) is 0. The van der Waals surface area contributed by atoms with Gasteiger partial charge in [0, 0.05) is 24.6 Å². The van der Waals surface area contributed by atoms with Gasteiger partial charge in [0.25, 0.3) is 0 Å². The summed E-state index contributed by atoms with van der Waals surface area (Å²) in [6.45, 7) is 3.86. The quantitative estimate of drug-likeness (QED) is 0.683. The Morgan fingerprint density at radius 2 is 2.12 bits per heavy atom. The van der Waals surface area contributed by atoms with E-state index in [1.807, 2.05) is 25.1 Å². The topological polar surface area (TPSA) is 65.0 Å². The summed E-state index contributed by atoms with van der Waals surface area (Å²) in [5.74, 6) is 1.49. The first-order valence-electron chi connectivity index (χ1n) is 8.00. The molecular formula is C19H20O5. The van der Waals surface area contributed by atoms with E-state index in [0.29, 0.717) is 12.4 Å². The molecule has 0 amide bonds. The van der Waals surface area contributed by atoms with Crippen LogP contribution in [-0.2, 0) is 11.2 Å². The van der Waals surface area contributed by atoms with Gasteiger partial charge in [-0.2, -0.15) is 0 Å². The van der Waals surface area contributed by atoms with Crippen molar-refractivity contribution in [3.8, 4) is 23.0 Å². The summed E-state index contributed by atoms with van der Waals surface area (Å²) in [5, 5.41) is 9.65. The van der Waals surface area contributed by atoms with Gasteiger partial charge in [-0.1, -0.05) is 6.07 Å². The standard InChI is InChI=1S/C19H20O5/c1-3-22-15-7-4-13-5-9-17(24-18(13)11-15)16-8-6-14(21)10-19(16)23-12(2)20/h4,6-8,10-11,17,21H,3,5,9H2,1-2H3. The molecule has 0 radical (unpaired) electrons. The summed E-state index contributed by atoms with van der Waals surface area (Å²) >= 11 is 0. The van der Waals surface area contributed by atoms with Crippen LogP contribution in [0, 0.1) is 0 Å². The molecule has 2 aromatic carbocycles. The van der Waals surface area contributed by atoms with Crippen LogP contribution in [0.3, 0.4) is 0 Å². The molecule has 24 heavy (non-hydrogen) atoms. The van der Waals surface area contributed by atoms with Crippen molar-refractivity contribution in [3.63, 3.8) is 0 Å². The van der Waals surface area contributed by atoms with Gasteiger partial charge in [-0.05, 0) is 43.5 Å². The Hall–Kier alpha value is -2.69. The zero-order valence-electron chi connectivity index (χ0n) is 13.7. The number of esters is 1. The fourth-order valence-electron chi connectivity index (χ4n) is 2.86. The van der Waals surface area contributed by atoms with Gasteiger partial charge in [0.2, 0.25) is 0 Å². The van der Waals surface area contributed by atoms with Crippen LogP contribution in [-0.4, -0.2) is 17.7 Å². The number of rotatable bonds is 4. The summed E-state index contributed by atoms with van der Waals surface area (Å²) in [5.41, 5.74) is 1.87. The van der Waals surface area contributed by atoms with Gasteiger partial charge < -0.3 is 19.3 Å². The van der Waals surface area contributed by atoms with Crippen LogP contribution in [0.25, 0.3) is 0 Å². The second-order valence-corrected chi connectivity index (χ2v) is 5.66. The van der Waals surface area contributed by atoms with Crippen molar-refractivity contribution >= 4 is 5.97 Å². The molecule has 0 aliphatic carbocycles. The van der Waals surface area contributed by atoms with Gasteiger partial charge in [-0.25, -0.2) is 0 Å². The maximum atomic E-state index is 11.3. The van der Waals surface area contributed by atoms with Crippen LogP contribution in [0.1, 0.15) is 37.5 Å². The third kappa shape index (κ3) is 3.45. The molecule has 5 heteroatoms. The monoisotopic (exact) mass is 328 g/mol. The molecule has 0 saturated carbocycles. The van der Waals surface area contributed by atoms with Crippen molar-refractivity contribution in [1.29, 1.82) is 0 Å². The highest BCUT2D eigenvalue weighted by molar-refractivity contribution is 5.70. The highest BCUT2D eigenvalue weighted by Crippen LogP contribution is 2.40. The molecule has 1 aliphatic rings. The number of ether oxygens (including phenoxy) is 3. The minimum atomic E-state index is -0.434. The lowest BCUT2D eigenvalue weighted by molar-refractivity contribution is -0.132. The Bertz CT molecular complexity index is 753. The first kappa shape index (κ1) is 16.2. The fraction of sp³-hybridized carbons (Fsp3) is 0.316. The molecule has 0 saturated heterocycles. The molecule has 1 N–H and O–H groups in total. The van der Waals surface area contributed by atoms with Crippen LogP contribution >= 0.6 is 0 Å². The summed E-state index contributed by atoms with van der Waals surface area (Å²) in [6.07, 6.45) is 1.37. The SMILES string of the molecule is CCOc1ccc2c(c1)OC(c1ccc(O)cc1OC(C)=O)CC2. The third-order valence-electron chi connectivity index (χ3n) is 3.89. The Morgan fingerprint density at radius 1 is 1.29 bits per heavy atom. The summed E-state index contributed by atoms with van der Waals surface area (Å²) in [4.78, 5) is 11.3. The zero-order chi connectivity index (χ0) is 17.1. The van der Waals surface area contributed by atoms with Crippen molar-refractivity contribution in [2.24, 2.45) is 0 Å². The Labute approximate surface area is 140 Å². The maximum Gasteiger partial charge on any atom is 0.308 e. The Kier molecular flexibility index (Phi) is 4.60. The number of fused-ring (bicyclic) bond motifs is 1. The number of carbonyl (C=O) groups excluding carboxylic acids is 1. The maximum absolute atomic E-state index is 11.3. The van der Waals surface area contributed by atoms with E-state index in [1.165, 1.54) is 13.0 Å². The lowest BCUT2D eigenvalue weighted by atomic mass is 9.96. The third-order valence-corrected chi connectivity index (χ3v) is 3.89. The molecule has 5 nitrogen and oxygen atoms in total. The number of carbonyl (C=O) groups is 1. The average molecular weight is 328 g/mol. The van der Waals surface area contributed by atoms with Crippen molar-refractivity contribution in [2.75, 3.05) is 6.61 Å². The second kappa shape index (κ2) is 6.83. The van der Waals surface area contributed by atoms with Gasteiger partial charge in [0.1, 0.15) is 29.1 Å². The predicted molar refractivity (Wildman–Crippen MR) is 88.7 cm³/mol. The molecule has 0 aromatic heterocycles. The lowest BCUT2D eigenvalue weighted by Gasteiger charge is -2.27. The minimum Gasteiger partial charge on any atom is -0.508 e. The van der Waals surface area contributed by atoms with E-state index < -0.39 is 5.97 Å². The van der Waals surface area contributed by atoms with E-state index in [1.54, 1.807) is 12.1 Å². The van der Waals surface area contributed by atoms with Crippen LogP contribution in [0.5, 0.6) is 23.0 Å². The lowest BCUT2D eigenvalue weighted by Crippen LogP contribution is -2.17. The molecule has 126 valence electrons. The number of phenols is 1. The molecule has 0 spiro atoms. The Morgan fingerprint density at radius 3 is 2.88 bits per heavy atom. The second-order valence-electron chi connectivity index (χ2n) is 5.66. The van der Waals surface area contributed by atoms with Crippen LogP contribution in [0.15, 0.2) is 36.4 Å². The highest BCUT2D eigenvalue weighted by atomic mass is 16.5. The number of aromatic hydroxyl groups is 1. The molecule has 1 heterocycles. The number of benzene rings is 2. The van der Waals surface area contributed by atoms with E-state index in [-0.39, 0.29) is 11.9 Å². The molecule has 0 bridgehead atoms. The molecule has 1 unspecified atom stereocenters. The van der Waals surface area contributed by atoms with Gasteiger partial charge in [-0.3, -0.25) is 4.79 Å². The van der Waals surface area contributed by atoms with Gasteiger partial charge in [0.15, 0.2) is 0 Å². The average Bonchev–Trinajstić information content (AvgIpc) is 2.54. The van der Waals surface area contributed by atoms with Gasteiger partial charge in [-0.15, -0.1) is 0 Å². The zero-order valence-corrected chi connectivity index (χ0v) is 13.7. The number of phenolic OH excluding ortho intramolecular Hbond substituents is 1. The Balaban J connectivity index is 1.89. The first-order chi connectivity index (χ1) is 11.6. The molecular weight excluding hydrogens is 308 g/mol. The first-order valence-corrected chi connectivity index (χ1v) is 8.00. The predicted octanol–water partition coefficient (Wildman–Crippen LogP) is 3.78. The van der Waals surface area contributed by atoms with E-state index in [0.717, 1.165) is 35.5 Å². The largest absolute Gasteiger partial charge is 0.508 e. The van der Waals surface area contributed by atoms with E-state index in [4.69, 9.17) is 14.2 Å². The number of aryl methyl sites for hydroxylation is 1. The molecule has 1 atom stereocenters. The van der Waals surface area contributed by atoms with Crippen molar-refractivity contribution in [2.45, 2.75) is 32.8 Å². The molecule has 2 aromatic rings. The van der Waals surface area contributed by atoms with Gasteiger partial charge in [0.05, 0.1) is 6.61 Å². The van der Waals surface area contributed by atoms with Crippen molar-refractivity contribution in [3.05, 3.63) is 47.5 Å². The minimum absolute atomic E-state index is 0.0461. The van der Waals surface area contributed by atoms with Gasteiger partial charge >= 0.3 is 5.97 Å². The smallest absolute Gasteiger partial charge is 0.308 e. The van der Waals surface area contributed by atoms with E-state index >= 15 is 0 Å². The fourth-order valence-corrected chi connectivity index (χ4v) is 2.86. The number of hydrogen-bond acceptors (Lipinski definition) is 5. The summed E-state index contributed by atoms with van der Waals surface area (Å²) < 4.78 is 16.9. The summed E-state index contributed by atoms with van der Waals surface area (Å²) in [6, 6.07) is 10.6. The van der Waals surface area contributed by atoms with Crippen LogP contribution in [0.4, 0.5) is 0 Å². The molecule has 3 rings (SSSR count). The van der Waals surface area contributed by atoms with Crippen LogP contribution in [0.2, 0.25) is 0 Å². The molecule has 0 fully saturated rings. The highest BCUT2D eigenvalue weighted by Gasteiger charge is 2.25. The van der Waals surface area contributed by atoms with Crippen molar-refractivity contribution in [1.82, 2.24) is 0 Å². The number of hydrogen-bond donors (Lipinski definition) is 1.